The van der Waals surface area contributed by atoms with Crippen LogP contribution >= 0.6 is 0 Å². The monoisotopic (exact) mass is 561 g/mol. The van der Waals surface area contributed by atoms with E-state index in [0.29, 0.717) is 0 Å². The van der Waals surface area contributed by atoms with E-state index in [9.17, 15) is 41.7 Å². The van der Waals surface area contributed by atoms with Crippen LogP contribution in [-0.4, -0.2) is 70.9 Å². The molecule has 0 radical (unpaired) electrons. The summed E-state index contributed by atoms with van der Waals surface area (Å²) in [5.41, 5.74) is -3.63. The van der Waals surface area contributed by atoms with Crippen molar-refractivity contribution in [3.8, 4) is 0 Å². The fourth-order valence-electron chi connectivity index (χ4n) is 3.54. The number of alkyl halides is 1. The molecular weight excluding hydrogens is 532 g/mol. The van der Waals surface area contributed by atoms with Crippen LogP contribution in [0.25, 0.3) is 0 Å². The van der Waals surface area contributed by atoms with Crippen molar-refractivity contribution in [2.24, 2.45) is 4.99 Å². The molecule has 0 N–H and O–H groups in total. The summed E-state index contributed by atoms with van der Waals surface area (Å²) in [5, 5.41) is 11.2. The third-order valence-electron chi connectivity index (χ3n) is 5.20. The molecule has 0 saturated heterocycles. The van der Waals surface area contributed by atoms with Gasteiger partial charge in [-0.1, -0.05) is 0 Å². The Morgan fingerprint density at radius 2 is 1.71 bits per heavy atom. The molecule has 1 aromatic carbocycles. The fraction of sp³-hybridized carbons (Fsp3) is 0.565. The lowest BCUT2D eigenvalue weighted by Gasteiger charge is -2.40. The van der Waals surface area contributed by atoms with Gasteiger partial charge < -0.3 is 14.3 Å². The van der Waals surface area contributed by atoms with Crippen molar-refractivity contribution in [1.82, 2.24) is 4.90 Å². The molecule has 0 spiro atoms. The summed E-state index contributed by atoms with van der Waals surface area (Å²) < 4.78 is 64.1. The van der Waals surface area contributed by atoms with Crippen LogP contribution in [0.1, 0.15) is 59.6 Å². The maximum atomic E-state index is 14.8. The number of hydrogen-bond acceptors (Lipinski definition) is 10. The van der Waals surface area contributed by atoms with E-state index in [1.807, 2.05) is 0 Å². The van der Waals surface area contributed by atoms with Gasteiger partial charge in [0.1, 0.15) is 35.8 Å². The molecule has 0 bridgehead atoms. The summed E-state index contributed by atoms with van der Waals surface area (Å²) in [6.07, 6.45) is -3.98. The third kappa shape index (κ3) is 6.49. The number of rotatable bonds is 5. The minimum atomic E-state index is -4.82. The quantitative estimate of drug-likeness (QED) is 0.293. The van der Waals surface area contributed by atoms with Gasteiger partial charge in [-0.3, -0.25) is 15.1 Å². The van der Waals surface area contributed by atoms with Crippen molar-refractivity contribution < 1.29 is 46.0 Å². The fourth-order valence-corrected chi connectivity index (χ4v) is 5.44. The highest BCUT2D eigenvalue weighted by Crippen LogP contribution is 2.39. The molecule has 0 aromatic heterocycles. The van der Waals surface area contributed by atoms with Crippen molar-refractivity contribution in [3.63, 3.8) is 0 Å². The highest BCUT2D eigenvalue weighted by atomic mass is 32.2. The summed E-state index contributed by atoms with van der Waals surface area (Å²) in [5.74, 6) is -3.23. The third-order valence-corrected chi connectivity index (χ3v) is 7.60. The van der Waals surface area contributed by atoms with E-state index in [1.165, 1.54) is 41.5 Å². The molecule has 2 rings (SSSR count). The number of halogens is 2. The topological polar surface area (TPSA) is 163 Å². The van der Waals surface area contributed by atoms with Crippen molar-refractivity contribution in [1.29, 1.82) is 0 Å². The first-order valence-electron chi connectivity index (χ1n) is 11.3. The number of imide groups is 1. The van der Waals surface area contributed by atoms with Gasteiger partial charge in [0, 0.05) is 24.1 Å². The van der Waals surface area contributed by atoms with Gasteiger partial charge in [0.25, 0.3) is 5.69 Å². The zero-order valence-electron chi connectivity index (χ0n) is 21.7. The number of benzene rings is 1. The number of carbonyl (C=O) groups is 3. The molecule has 1 heterocycles. The van der Waals surface area contributed by atoms with Crippen LogP contribution in [-0.2, 0) is 24.1 Å². The Morgan fingerprint density at radius 3 is 2.13 bits per heavy atom. The minimum absolute atomic E-state index is 0.0680. The van der Waals surface area contributed by atoms with Crippen molar-refractivity contribution in [3.05, 3.63) is 39.7 Å². The van der Waals surface area contributed by atoms with Crippen molar-refractivity contribution in [2.45, 2.75) is 70.0 Å². The second kappa shape index (κ2) is 10.7. The van der Waals surface area contributed by atoms with E-state index in [4.69, 9.17) is 9.47 Å². The molecule has 0 saturated carbocycles. The highest BCUT2D eigenvalue weighted by Gasteiger charge is 2.57. The molecule has 0 fully saturated rings. The first kappa shape index (κ1) is 30.7. The van der Waals surface area contributed by atoms with Crippen molar-refractivity contribution in [2.75, 3.05) is 12.4 Å². The van der Waals surface area contributed by atoms with Gasteiger partial charge in [0.05, 0.1) is 16.7 Å². The van der Waals surface area contributed by atoms with Crippen LogP contribution in [0, 0.1) is 15.9 Å². The summed E-state index contributed by atoms with van der Waals surface area (Å²) >= 11 is 0. The number of aldehydes is 1. The predicted octanol–water partition coefficient (Wildman–Crippen LogP) is 4.07. The van der Waals surface area contributed by atoms with Gasteiger partial charge in [-0.15, -0.1) is 0 Å². The van der Waals surface area contributed by atoms with Gasteiger partial charge in [0.15, 0.2) is 14.6 Å². The molecule has 1 aliphatic heterocycles. The molecule has 0 aliphatic carbocycles. The number of amidine groups is 1. The summed E-state index contributed by atoms with van der Waals surface area (Å²) in [6.45, 7) is 6.83. The number of ether oxygens (including phenoxy) is 2. The van der Waals surface area contributed by atoms with Gasteiger partial charge in [-0.2, -0.15) is 4.90 Å². The molecule has 15 heteroatoms. The number of carbonyl (C=O) groups excluding carboxylic acids is 3. The Hall–Kier alpha value is -3.49. The molecule has 38 heavy (non-hydrogen) atoms. The number of nitro benzene ring substituents is 1. The zero-order valence-corrected chi connectivity index (χ0v) is 22.5. The first-order chi connectivity index (χ1) is 17.3. The van der Waals surface area contributed by atoms with Gasteiger partial charge in [-0.05, 0) is 47.6 Å². The molecule has 12 nitrogen and oxygen atoms in total. The number of hydrogen-bond donors (Lipinski definition) is 0. The Labute approximate surface area is 218 Å². The summed E-state index contributed by atoms with van der Waals surface area (Å²) in [4.78, 5) is 52.5. The Bertz CT molecular complexity index is 1240. The second-order valence-corrected chi connectivity index (χ2v) is 12.9. The minimum Gasteiger partial charge on any atom is -0.443 e. The highest BCUT2D eigenvalue weighted by molar-refractivity contribution is 7.93. The standard InChI is InChI=1S/C23H29F2N3O9S/c1-21(2,3)36-19(30)27(20(31)37-22(4,5)6)18-23(13-24,9-10-29)38(34,35)12-17(26-18)15-11-14(28(32)33)7-8-16(15)25/h7-8,10-11,17H,9,12-13H2,1-6H3. The number of aliphatic imine (C=N–C) groups is 1. The lowest BCUT2D eigenvalue weighted by molar-refractivity contribution is -0.385. The second-order valence-electron chi connectivity index (χ2n) is 10.5. The van der Waals surface area contributed by atoms with Crippen LogP contribution < -0.4 is 0 Å². The van der Waals surface area contributed by atoms with Crippen LogP contribution in [0.15, 0.2) is 23.2 Å². The molecule has 1 aliphatic rings. The molecule has 1 aromatic rings. The van der Waals surface area contributed by atoms with E-state index < -0.39 is 90.7 Å². The number of amides is 2. The molecular formula is C23H29F2N3O9S. The Morgan fingerprint density at radius 1 is 1.18 bits per heavy atom. The molecule has 2 amide bonds. The van der Waals surface area contributed by atoms with Crippen LogP contribution in [0.5, 0.6) is 0 Å². The largest absolute Gasteiger partial charge is 0.443 e. The van der Waals surface area contributed by atoms with Gasteiger partial charge >= 0.3 is 12.2 Å². The van der Waals surface area contributed by atoms with E-state index in [1.54, 1.807) is 0 Å². The van der Waals surface area contributed by atoms with E-state index in [-0.39, 0.29) is 11.2 Å². The molecule has 210 valence electrons. The number of sulfone groups is 1. The van der Waals surface area contributed by atoms with Crippen LogP contribution in [0.3, 0.4) is 0 Å². The average Bonchev–Trinajstić information content (AvgIpc) is 2.73. The van der Waals surface area contributed by atoms with Gasteiger partial charge in [0.2, 0.25) is 0 Å². The predicted molar refractivity (Wildman–Crippen MR) is 131 cm³/mol. The van der Waals surface area contributed by atoms with E-state index in [2.05, 4.69) is 4.99 Å². The Kier molecular flexibility index (Phi) is 8.66. The maximum Gasteiger partial charge on any atom is 0.425 e. The smallest absolute Gasteiger partial charge is 0.425 e. The van der Waals surface area contributed by atoms with Crippen LogP contribution in [0.2, 0.25) is 0 Å². The Balaban J connectivity index is 2.93. The summed E-state index contributed by atoms with van der Waals surface area (Å²) in [6, 6.07) is 0.544. The van der Waals surface area contributed by atoms with Crippen LogP contribution in [0.4, 0.5) is 24.1 Å². The van der Waals surface area contributed by atoms with E-state index in [0.717, 1.165) is 18.2 Å². The average molecular weight is 562 g/mol. The SMILES string of the molecule is CC(C)(C)OC(=O)N(C(=O)OC(C)(C)C)C1=NC(c2cc([N+](=O)[O-])ccc2F)CS(=O)(=O)C1(CF)CC=O. The molecule has 2 unspecified atom stereocenters. The first-order valence-corrected chi connectivity index (χ1v) is 12.9. The number of non-ortho nitro benzene ring substituents is 1. The lowest BCUT2D eigenvalue weighted by Crippen LogP contribution is -2.62. The van der Waals surface area contributed by atoms with E-state index >= 15 is 0 Å². The van der Waals surface area contributed by atoms with Gasteiger partial charge in [-0.25, -0.2) is 26.8 Å². The molecule has 2 atom stereocenters. The summed E-state index contributed by atoms with van der Waals surface area (Å²) in [7, 11) is -4.82. The zero-order chi connectivity index (χ0) is 29.3. The maximum absolute atomic E-state index is 14.8. The number of nitro groups is 1. The normalized spacial score (nSPS) is 21.2. The number of nitrogens with zero attached hydrogens (tertiary/aromatic N) is 3. The van der Waals surface area contributed by atoms with Crippen molar-refractivity contribution >= 4 is 39.8 Å². The lowest BCUT2D eigenvalue weighted by atomic mass is 10.0.